The van der Waals surface area contributed by atoms with Crippen LogP contribution in [0.15, 0.2) is 53.4 Å². The number of unbranched alkanes of at least 4 members (excludes halogenated alkanes) is 2. The minimum Gasteiger partial charge on any atom is -0.351 e. The van der Waals surface area contributed by atoms with Crippen molar-refractivity contribution in [3.05, 3.63) is 65.2 Å². The Kier molecular flexibility index (Phi) is 10.9. The molecule has 0 aromatic heterocycles. The number of hydrogen-bond acceptors (Lipinski definition) is 4. The molecule has 1 amide bonds. The molecule has 0 saturated carbocycles. The van der Waals surface area contributed by atoms with E-state index < -0.39 is 10.0 Å². The van der Waals surface area contributed by atoms with Crippen LogP contribution in [0.1, 0.15) is 61.0 Å². The van der Waals surface area contributed by atoms with Gasteiger partial charge in [0.15, 0.2) is 0 Å². The molecule has 0 saturated heterocycles. The van der Waals surface area contributed by atoms with Crippen LogP contribution in [0.2, 0.25) is 0 Å². The third-order valence-corrected chi connectivity index (χ3v) is 6.80. The zero-order valence-corrected chi connectivity index (χ0v) is 20.4. The summed E-state index contributed by atoms with van der Waals surface area (Å²) in [6.45, 7) is 10.1. The lowest BCUT2D eigenvalue weighted by Crippen LogP contribution is -2.36. The summed E-state index contributed by atoms with van der Waals surface area (Å²) in [4.78, 5) is 15.1. The van der Waals surface area contributed by atoms with Crippen molar-refractivity contribution in [1.82, 2.24) is 14.9 Å². The normalized spacial score (nSPS) is 11.6. The molecule has 0 fully saturated rings. The fraction of sp³-hybridized carbons (Fsp3) is 0.480. The van der Waals surface area contributed by atoms with E-state index in [1.807, 2.05) is 6.92 Å². The Hall–Kier alpha value is -2.22. The first-order valence-corrected chi connectivity index (χ1v) is 13.0. The van der Waals surface area contributed by atoms with Gasteiger partial charge in [0.05, 0.1) is 4.90 Å². The summed E-state index contributed by atoms with van der Waals surface area (Å²) in [7, 11) is -3.57. The van der Waals surface area contributed by atoms with Crippen molar-refractivity contribution in [3.63, 3.8) is 0 Å². The largest absolute Gasteiger partial charge is 0.351 e. The van der Waals surface area contributed by atoms with Gasteiger partial charge in [0.25, 0.3) is 5.91 Å². The molecule has 6 nitrogen and oxygen atoms in total. The summed E-state index contributed by atoms with van der Waals surface area (Å²) in [5.41, 5.74) is 2.37. The van der Waals surface area contributed by atoms with Crippen LogP contribution >= 0.6 is 0 Å². The summed E-state index contributed by atoms with van der Waals surface area (Å²) in [5.74, 6) is -0.109. The fourth-order valence-electron chi connectivity index (χ4n) is 3.28. The highest BCUT2D eigenvalue weighted by atomic mass is 32.2. The molecule has 0 bridgehead atoms. The molecule has 0 unspecified atom stereocenters. The maximum absolute atomic E-state index is 12.5. The summed E-state index contributed by atoms with van der Waals surface area (Å²) < 4.78 is 27.4. The third kappa shape index (κ3) is 8.73. The Morgan fingerprint density at radius 1 is 0.875 bits per heavy atom. The van der Waals surface area contributed by atoms with E-state index >= 15 is 0 Å². The molecule has 2 N–H and O–H groups in total. The molecule has 0 aliphatic rings. The highest BCUT2D eigenvalue weighted by molar-refractivity contribution is 7.89. The monoisotopic (exact) mass is 459 g/mol. The van der Waals surface area contributed by atoms with E-state index in [9.17, 15) is 13.2 Å². The molecule has 2 aromatic carbocycles. The van der Waals surface area contributed by atoms with Gasteiger partial charge < -0.3 is 10.2 Å². The Bertz CT molecular complexity index is 918. The van der Waals surface area contributed by atoms with Gasteiger partial charge in [-0.05, 0) is 62.7 Å². The average molecular weight is 460 g/mol. The third-order valence-electron chi connectivity index (χ3n) is 5.38. The molecule has 7 heteroatoms. The van der Waals surface area contributed by atoms with Crippen molar-refractivity contribution in [1.29, 1.82) is 0 Å². The quantitative estimate of drug-likeness (QED) is 0.446. The van der Waals surface area contributed by atoms with Gasteiger partial charge in [-0.25, -0.2) is 13.1 Å². The zero-order valence-electron chi connectivity index (χ0n) is 19.6. The SMILES string of the molecule is CCCCN(CCCC)CCNC(=O)c1ccc(CNS(=O)(=O)c2ccc(C)cc2)cc1. The predicted octanol–water partition coefficient (Wildman–Crippen LogP) is 4.11. The standard InChI is InChI=1S/C25H37N3O3S/c1-4-6-17-28(18-7-5-2)19-16-26-25(29)23-12-10-22(11-13-23)20-27-32(30,31)24-14-8-21(3)9-15-24/h8-15,27H,4-7,16-20H2,1-3H3,(H,26,29). The number of nitrogens with zero attached hydrogens (tertiary/aromatic N) is 1. The summed E-state index contributed by atoms with van der Waals surface area (Å²) in [6, 6.07) is 13.8. The van der Waals surface area contributed by atoms with Gasteiger partial charge in [0.2, 0.25) is 10.0 Å². The molecule has 32 heavy (non-hydrogen) atoms. The van der Waals surface area contributed by atoms with E-state index in [1.165, 1.54) is 25.7 Å². The summed E-state index contributed by atoms with van der Waals surface area (Å²) in [5, 5.41) is 2.99. The number of benzene rings is 2. The smallest absolute Gasteiger partial charge is 0.251 e. The Balaban J connectivity index is 1.83. The minimum atomic E-state index is -3.57. The molecule has 0 heterocycles. The average Bonchev–Trinajstić information content (AvgIpc) is 2.79. The van der Waals surface area contributed by atoms with Gasteiger partial charge in [0, 0.05) is 25.2 Å². The molecular weight excluding hydrogens is 422 g/mol. The van der Waals surface area contributed by atoms with Crippen molar-refractivity contribution >= 4 is 15.9 Å². The van der Waals surface area contributed by atoms with Crippen LogP contribution in [0.25, 0.3) is 0 Å². The van der Waals surface area contributed by atoms with Crippen LogP contribution in [0, 0.1) is 6.92 Å². The minimum absolute atomic E-state index is 0.109. The Morgan fingerprint density at radius 3 is 2.03 bits per heavy atom. The van der Waals surface area contributed by atoms with Crippen LogP contribution in [-0.4, -0.2) is 45.4 Å². The molecule has 2 rings (SSSR count). The first-order chi connectivity index (χ1) is 15.4. The topological polar surface area (TPSA) is 78.5 Å². The maximum atomic E-state index is 12.5. The van der Waals surface area contributed by atoms with E-state index in [2.05, 4.69) is 28.8 Å². The van der Waals surface area contributed by atoms with Crippen molar-refractivity contribution < 1.29 is 13.2 Å². The Labute approximate surface area is 193 Å². The molecule has 0 radical (unpaired) electrons. The molecule has 0 spiro atoms. The highest BCUT2D eigenvalue weighted by Gasteiger charge is 2.13. The van der Waals surface area contributed by atoms with Crippen molar-refractivity contribution in [2.24, 2.45) is 0 Å². The van der Waals surface area contributed by atoms with Gasteiger partial charge in [-0.15, -0.1) is 0 Å². The van der Waals surface area contributed by atoms with Crippen LogP contribution in [0.5, 0.6) is 0 Å². The molecule has 0 aliphatic carbocycles. The number of amides is 1. The van der Waals surface area contributed by atoms with Crippen molar-refractivity contribution in [2.75, 3.05) is 26.2 Å². The number of hydrogen-bond donors (Lipinski definition) is 2. The van der Waals surface area contributed by atoms with Gasteiger partial charge in [-0.2, -0.15) is 0 Å². The van der Waals surface area contributed by atoms with Crippen LogP contribution < -0.4 is 10.0 Å². The van der Waals surface area contributed by atoms with E-state index in [-0.39, 0.29) is 17.3 Å². The number of carbonyl (C=O) groups is 1. The number of carbonyl (C=O) groups excluding carboxylic acids is 1. The lowest BCUT2D eigenvalue weighted by Gasteiger charge is -2.22. The summed E-state index contributed by atoms with van der Waals surface area (Å²) >= 11 is 0. The molecule has 2 aromatic rings. The number of aryl methyl sites for hydroxylation is 1. The second-order valence-corrected chi connectivity index (χ2v) is 9.91. The lowest BCUT2D eigenvalue weighted by atomic mass is 10.1. The van der Waals surface area contributed by atoms with Gasteiger partial charge in [-0.1, -0.05) is 56.5 Å². The highest BCUT2D eigenvalue weighted by Crippen LogP contribution is 2.11. The summed E-state index contributed by atoms with van der Waals surface area (Å²) in [6.07, 6.45) is 4.69. The predicted molar refractivity (Wildman–Crippen MR) is 130 cm³/mol. The van der Waals surface area contributed by atoms with E-state index in [0.717, 1.165) is 30.8 Å². The molecule has 176 valence electrons. The van der Waals surface area contributed by atoms with Crippen LogP contribution in [-0.2, 0) is 16.6 Å². The molecule has 0 aliphatic heterocycles. The van der Waals surface area contributed by atoms with Crippen molar-refractivity contribution in [3.8, 4) is 0 Å². The zero-order chi connectivity index (χ0) is 23.4. The van der Waals surface area contributed by atoms with E-state index in [1.54, 1.807) is 48.5 Å². The molecule has 0 atom stereocenters. The second kappa shape index (κ2) is 13.4. The van der Waals surface area contributed by atoms with Gasteiger partial charge in [-0.3, -0.25) is 4.79 Å². The lowest BCUT2D eigenvalue weighted by molar-refractivity contribution is 0.0948. The fourth-order valence-corrected chi connectivity index (χ4v) is 4.30. The van der Waals surface area contributed by atoms with Crippen LogP contribution in [0.4, 0.5) is 0 Å². The van der Waals surface area contributed by atoms with Crippen LogP contribution in [0.3, 0.4) is 0 Å². The number of rotatable bonds is 14. The van der Waals surface area contributed by atoms with Crippen molar-refractivity contribution in [2.45, 2.75) is 57.9 Å². The van der Waals surface area contributed by atoms with Gasteiger partial charge >= 0.3 is 0 Å². The van der Waals surface area contributed by atoms with E-state index in [0.29, 0.717) is 12.1 Å². The molecular formula is C25H37N3O3S. The Morgan fingerprint density at radius 2 is 1.47 bits per heavy atom. The first kappa shape index (κ1) is 26.0. The second-order valence-electron chi connectivity index (χ2n) is 8.14. The number of sulfonamides is 1. The van der Waals surface area contributed by atoms with Gasteiger partial charge in [0.1, 0.15) is 0 Å². The number of nitrogens with one attached hydrogen (secondary N) is 2. The first-order valence-electron chi connectivity index (χ1n) is 11.5. The van der Waals surface area contributed by atoms with E-state index in [4.69, 9.17) is 0 Å². The maximum Gasteiger partial charge on any atom is 0.251 e.